The van der Waals surface area contributed by atoms with Gasteiger partial charge in [-0.15, -0.1) is 37.2 Å². The van der Waals surface area contributed by atoms with Gasteiger partial charge in [0, 0.05) is 0 Å². The molecule has 6 heteroatoms. The molecule has 0 radical (unpaired) electrons. The number of hydrogen-bond donors (Lipinski definition) is 0. The van der Waals surface area contributed by atoms with Gasteiger partial charge in [-0.05, 0) is 0 Å². The number of likely N-dealkylation sites (N-methyl/N-ethyl adjacent to an activating group) is 1. The minimum atomic E-state index is 0. The van der Waals surface area contributed by atoms with E-state index in [2.05, 4.69) is 53.0 Å². The summed E-state index contributed by atoms with van der Waals surface area (Å²) in [4.78, 5) is 2.29. The van der Waals surface area contributed by atoms with Crippen molar-refractivity contribution in [3.63, 3.8) is 0 Å². The van der Waals surface area contributed by atoms with E-state index in [1.165, 1.54) is 41.6 Å². The number of alkyl halides is 1. The average molecular weight is 412 g/mol. The topological polar surface area (TPSA) is 3.24 Å². The zero-order valence-electron chi connectivity index (χ0n) is 8.28. The van der Waals surface area contributed by atoms with Crippen molar-refractivity contribution in [1.29, 1.82) is 0 Å². The fourth-order valence-corrected chi connectivity index (χ4v) is 2.66. The van der Waals surface area contributed by atoms with Crippen LogP contribution in [-0.4, -0.2) is 14.1 Å². The van der Waals surface area contributed by atoms with Crippen LogP contribution in [0.25, 0.3) is 0 Å². The molecule has 0 fully saturated rings. The molecule has 1 aliphatic carbocycles. The van der Waals surface area contributed by atoms with Crippen molar-refractivity contribution in [3.8, 4) is 0 Å². The van der Waals surface area contributed by atoms with Crippen LogP contribution in [-0.2, 0) is 24.7 Å². The van der Waals surface area contributed by atoms with Crippen LogP contribution in [0.2, 0.25) is 0 Å². The fourth-order valence-electron chi connectivity index (χ4n) is 1.54. The second-order valence-electron chi connectivity index (χ2n) is 3.25. The van der Waals surface area contributed by atoms with Crippen LogP contribution in [0.3, 0.4) is 0 Å². The Balaban J connectivity index is 0. The molecule has 1 nitrogen and oxygen atoms in total. The number of rotatable bonds is 0. The maximum absolute atomic E-state index is 3.70. The van der Waals surface area contributed by atoms with Gasteiger partial charge in [0.15, 0.2) is 0 Å². The quantitative estimate of drug-likeness (QED) is 0.435. The molecule has 0 aromatic heterocycles. The second kappa shape index (κ2) is 6.26. The van der Waals surface area contributed by atoms with Crippen molar-refractivity contribution in [2.24, 2.45) is 0 Å². The average Bonchev–Trinajstić information content (AvgIpc) is 2.35. The van der Waals surface area contributed by atoms with E-state index in [-0.39, 0.29) is 39.4 Å². The van der Waals surface area contributed by atoms with E-state index in [0.717, 1.165) is 0 Å². The third kappa shape index (κ3) is 3.36. The summed E-state index contributed by atoms with van der Waals surface area (Å²) in [5.41, 5.74) is 4.06. The first-order valence-electron chi connectivity index (χ1n) is 3.82. The zero-order valence-corrected chi connectivity index (χ0v) is 14.8. The molecule has 1 heterocycles. The molecular formula is C9H12BrCl3NZr. The monoisotopic (exact) mass is 408 g/mol. The predicted octanol–water partition coefficient (Wildman–Crippen LogP) is 3.56. The van der Waals surface area contributed by atoms with Gasteiger partial charge in [-0.25, -0.2) is 0 Å². The molecule has 0 aromatic rings. The predicted molar refractivity (Wildman–Crippen MR) is 71.1 cm³/mol. The van der Waals surface area contributed by atoms with Crippen molar-refractivity contribution in [1.82, 2.24) is 4.90 Å². The van der Waals surface area contributed by atoms with Crippen LogP contribution in [0.1, 0.15) is 6.92 Å². The van der Waals surface area contributed by atoms with Crippen molar-refractivity contribution >= 4 is 53.2 Å². The number of hydrogen-bond acceptors (Lipinski definition) is 1. The van der Waals surface area contributed by atoms with Gasteiger partial charge in [0.25, 0.3) is 0 Å². The Labute approximate surface area is 133 Å². The van der Waals surface area contributed by atoms with Gasteiger partial charge in [-0.2, -0.15) is 0 Å². The Bertz CT molecular complexity index is 336. The molecule has 85 valence electrons. The van der Waals surface area contributed by atoms with Crippen molar-refractivity contribution < 1.29 is 24.7 Å². The van der Waals surface area contributed by atoms with E-state index in [9.17, 15) is 0 Å². The van der Waals surface area contributed by atoms with Crippen LogP contribution in [0, 0.1) is 0 Å². The third-order valence-electron chi connectivity index (χ3n) is 2.24. The van der Waals surface area contributed by atoms with Crippen molar-refractivity contribution in [2.75, 3.05) is 7.05 Å². The SMILES string of the molecule is CC1=CC2=C[C](Br)([Zr])N(C)C2=C1.Cl.Cl.Cl. The van der Waals surface area contributed by atoms with E-state index < -0.39 is 0 Å². The van der Waals surface area contributed by atoms with E-state index in [1.807, 2.05) is 0 Å². The van der Waals surface area contributed by atoms with E-state index in [4.69, 9.17) is 0 Å². The molecule has 0 saturated heterocycles. The van der Waals surface area contributed by atoms with Gasteiger partial charge in [0.1, 0.15) is 0 Å². The molecule has 1 unspecified atom stereocenters. The van der Waals surface area contributed by atoms with Crippen LogP contribution < -0.4 is 0 Å². The summed E-state index contributed by atoms with van der Waals surface area (Å²) in [5, 5.41) is 0. The van der Waals surface area contributed by atoms with Gasteiger partial charge >= 0.3 is 96.7 Å². The maximum atomic E-state index is 3.70. The Morgan fingerprint density at radius 1 is 1.27 bits per heavy atom. The molecule has 0 bridgehead atoms. The Morgan fingerprint density at radius 2 is 1.80 bits per heavy atom. The molecule has 1 aliphatic heterocycles. The first-order valence-corrected chi connectivity index (χ1v) is 5.84. The van der Waals surface area contributed by atoms with Crippen LogP contribution in [0.5, 0.6) is 0 Å². The van der Waals surface area contributed by atoms with Gasteiger partial charge in [-0.1, -0.05) is 0 Å². The summed E-state index contributed by atoms with van der Waals surface area (Å²) in [6.07, 6.45) is 6.76. The van der Waals surface area contributed by atoms with Crippen LogP contribution >= 0.6 is 53.2 Å². The van der Waals surface area contributed by atoms with Gasteiger partial charge in [0.2, 0.25) is 0 Å². The normalized spacial score (nSPS) is 26.3. The third-order valence-corrected chi connectivity index (χ3v) is 4.18. The van der Waals surface area contributed by atoms with Gasteiger partial charge < -0.3 is 0 Å². The molecule has 0 amide bonds. The smallest absolute Gasteiger partial charge is 0.147 e. The Hall–Kier alpha value is 1.25. The van der Waals surface area contributed by atoms with E-state index in [0.29, 0.717) is 0 Å². The molecule has 0 aromatic carbocycles. The summed E-state index contributed by atoms with van der Waals surface area (Å²) in [5.74, 6) is 0. The molecule has 0 spiro atoms. The van der Waals surface area contributed by atoms with Crippen molar-refractivity contribution in [3.05, 3.63) is 35.1 Å². The van der Waals surface area contributed by atoms with E-state index in [1.54, 1.807) is 0 Å². The molecule has 0 N–H and O–H groups in total. The summed E-state index contributed by atoms with van der Waals surface area (Å²) >= 11 is 5.17. The second-order valence-corrected chi connectivity index (χ2v) is 8.13. The number of allylic oxidation sites excluding steroid dienone is 3. The largest absolute Gasteiger partial charge is 0.147 e. The Morgan fingerprint density at radius 3 is 2.27 bits per heavy atom. The molecule has 1 atom stereocenters. The molecular weight excluding hydrogens is 400 g/mol. The minimum Gasteiger partial charge on any atom is -0.147 e. The summed E-state index contributed by atoms with van der Waals surface area (Å²) in [6, 6.07) is 0. The van der Waals surface area contributed by atoms with Gasteiger partial charge in [-0.3, -0.25) is 0 Å². The Kier molecular flexibility index (Phi) is 7.76. The number of halogens is 4. The van der Waals surface area contributed by atoms with Crippen LogP contribution in [0.15, 0.2) is 35.1 Å². The maximum Gasteiger partial charge on any atom is -0.147 e. The van der Waals surface area contributed by atoms with Crippen LogP contribution in [0.4, 0.5) is 0 Å². The zero-order chi connectivity index (χ0) is 8.93. The molecule has 2 aliphatic rings. The fraction of sp³-hybridized carbons (Fsp3) is 0.333. The number of fused-ring (bicyclic) bond motifs is 1. The molecule has 0 saturated carbocycles. The summed E-state index contributed by atoms with van der Waals surface area (Å²) < 4.78 is 0.0953. The summed E-state index contributed by atoms with van der Waals surface area (Å²) in [7, 11) is 2.13. The minimum absolute atomic E-state index is 0. The molecule has 15 heavy (non-hydrogen) atoms. The molecule has 2 rings (SSSR count). The summed E-state index contributed by atoms with van der Waals surface area (Å²) in [6.45, 7) is 2.14. The first kappa shape index (κ1) is 18.6. The standard InChI is InChI=1S/C9H9BrN.3ClH.Zr/c1-6-3-7-5-9(10)11(2)8(7)4-6;;;;/h3-5H,1-2H3;3*1H;. The van der Waals surface area contributed by atoms with E-state index >= 15 is 0 Å². The van der Waals surface area contributed by atoms with Gasteiger partial charge in [0.05, 0.1) is 0 Å². The first-order chi connectivity index (χ1) is 5.50. The number of nitrogens with zero attached hydrogens (tertiary/aromatic N) is 1. The van der Waals surface area contributed by atoms with Crippen molar-refractivity contribution in [2.45, 2.75) is 9.08 Å².